The van der Waals surface area contributed by atoms with Crippen molar-refractivity contribution in [2.45, 2.75) is 227 Å². The number of carboxylic acids is 1. The monoisotopic (exact) mass is 1320 g/mol. The molecule has 21 rings (SSSR count). The minimum absolute atomic E-state index is 0.0747. The van der Waals surface area contributed by atoms with Crippen LogP contribution in [0.15, 0.2) is 0 Å². The Morgan fingerprint density at radius 3 is 0.716 bits per heavy atom. The average molecular weight is 1330 g/mol. The van der Waals surface area contributed by atoms with E-state index in [1.54, 1.807) is 0 Å². The summed E-state index contributed by atoms with van der Waals surface area (Å²) >= 11 is 1.75. The smallest absolute Gasteiger partial charge is 0.321 e. The van der Waals surface area contributed by atoms with Crippen molar-refractivity contribution in [1.82, 2.24) is 0 Å². The fourth-order valence-corrected chi connectivity index (χ4v) is 13.2. The first-order valence-corrected chi connectivity index (χ1v) is 30.2. The van der Waals surface area contributed by atoms with Gasteiger partial charge in [0, 0.05) is 23.0 Å². The molecule has 15 unspecified atom stereocenters. The van der Waals surface area contributed by atoms with Gasteiger partial charge in [-0.2, -0.15) is 23.5 Å². The van der Waals surface area contributed by atoms with E-state index in [9.17, 15) is 112 Å². The lowest BCUT2D eigenvalue weighted by molar-refractivity contribution is -0.395. The maximum Gasteiger partial charge on any atom is 0.321 e. The highest BCUT2D eigenvalue weighted by atomic mass is 32.2. The first-order valence-electron chi connectivity index (χ1n) is 27.9. The molecule has 14 bridgehead atoms. The van der Waals surface area contributed by atoms with Gasteiger partial charge < -0.3 is 185 Å². The molecule has 510 valence electrons. The zero-order valence-electron chi connectivity index (χ0n) is 46.3. The molecule has 24 N–H and O–H groups in total. The highest BCUT2D eigenvalue weighted by molar-refractivity contribution is 7.99. The molecule has 21 saturated heterocycles. The normalized spacial score (nSPS) is 50.6. The van der Waals surface area contributed by atoms with Crippen LogP contribution >= 0.6 is 23.5 Å². The number of aldehydes is 1. The molecule has 0 aromatic rings. The number of carbonyl (C=O) groups excluding carboxylic acids is 1. The number of thioether (sulfide) groups is 2. The van der Waals surface area contributed by atoms with Gasteiger partial charge in [-0.25, -0.2) is 0 Å². The second-order valence-corrected chi connectivity index (χ2v) is 24.3. The van der Waals surface area contributed by atoms with E-state index in [4.69, 9.17) is 77.8 Å². The summed E-state index contributed by atoms with van der Waals surface area (Å²) in [5, 5.41) is 224. The van der Waals surface area contributed by atoms with E-state index in [2.05, 4.69) is 0 Å². The van der Waals surface area contributed by atoms with Crippen LogP contribution in [-0.4, -0.2) is 397 Å². The number of aliphatic hydroxyl groups is 19. The number of hydrogen-bond donors (Lipinski definition) is 22. The van der Waals surface area contributed by atoms with Gasteiger partial charge in [0.2, 0.25) is 0 Å². The number of aliphatic hydroxyl groups excluding tert-OH is 19. The number of rotatable bonds is 15. The molecule has 21 aliphatic heterocycles. The molecule has 38 nitrogen and oxygen atoms in total. The number of hydrogen-bond acceptors (Lipinski definition) is 39. The molecule has 0 aliphatic carbocycles. The summed E-state index contributed by atoms with van der Waals surface area (Å²) in [4.78, 5) is 23.0. The quantitative estimate of drug-likeness (QED) is 0.0677. The summed E-state index contributed by atoms with van der Waals surface area (Å²) < 4.78 is 81.8. The average Bonchev–Trinajstić information content (AvgIpc) is 1.66. The molecule has 40 heteroatoms. The van der Waals surface area contributed by atoms with Gasteiger partial charge in [-0.15, -0.1) is 0 Å². The Labute approximate surface area is 507 Å². The highest BCUT2D eigenvalue weighted by Crippen LogP contribution is 2.40. The Bertz CT molecular complexity index is 2180. The second-order valence-electron chi connectivity index (χ2n) is 22.1. The minimum Gasteiger partial charge on any atom is -0.480 e. The third-order valence-corrected chi connectivity index (χ3v) is 18.4. The minimum atomic E-state index is -2.25. The van der Waals surface area contributed by atoms with Gasteiger partial charge in [0.25, 0.3) is 0 Å². The maximum absolute atomic E-state index is 11.7. The lowest BCUT2D eigenvalue weighted by Gasteiger charge is -2.50. The van der Waals surface area contributed by atoms with Gasteiger partial charge in [-0.3, -0.25) is 4.79 Å². The Kier molecular flexibility index (Phi) is 26.1. The van der Waals surface area contributed by atoms with Gasteiger partial charge in [0.1, 0.15) is 171 Å². The lowest BCUT2D eigenvalue weighted by Crippen LogP contribution is -2.68. The van der Waals surface area contributed by atoms with E-state index in [0.717, 1.165) is 23.5 Å². The van der Waals surface area contributed by atoms with Crippen molar-refractivity contribution in [2.24, 2.45) is 11.5 Å². The van der Waals surface area contributed by atoms with Crippen molar-refractivity contribution in [3.05, 3.63) is 0 Å². The van der Waals surface area contributed by atoms with Crippen molar-refractivity contribution in [2.75, 3.05) is 56.0 Å². The van der Waals surface area contributed by atoms with Crippen molar-refractivity contribution >= 4 is 35.8 Å². The zero-order chi connectivity index (χ0) is 64.3. The molecule has 21 aliphatic rings. The predicted octanol–water partition coefficient (Wildman–Crippen LogP) is -14.8. The SMILES string of the molecule is NC(C=O)CSCC1O[C@H]2O[C@@H]3C(CO)O[C@H](O[C@@H]4C(CO)O[C@H](O[C@@H]5C(CO)O[C@H](O[C@@H]6C(CSC[C@@H](N)C(=O)O)O[C@H](O[C@@H]7C(CO)O[C@@H](O[C@@H]8C(CO)O[C@@H](O[C@H]1[C@H](O)C2O)C(O)[C@H]8O)C(O)[C@H]7O)C(O)[C@H]6O)C(O)[C@H]5O)C(O)[C@H]4O)C(O)[C@H]3O. The first kappa shape index (κ1) is 72.3. The molecule has 21 fully saturated rings. The second kappa shape index (κ2) is 31.8. The Morgan fingerprint density at radius 2 is 0.523 bits per heavy atom. The molecular formula is C48H80N2O36S2. The zero-order valence-corrected chi connectivity index (χ0v) is 47.9. The molecule has 0 saturated carbocycles. The van der Waals surface area contributed by atoms with Gasteiger partial charge in [0.15, 0.2) is 44.0 Å². The Balaban J connectivity index is 1.11. The van der Waals surface area contributed by atoms with Crippen LogP contribution in [0.25, 0.3) is 0 Å². The number of nitrogens with two attached hydrogens (primary N) is 2. The largest absolute Gasteiger partial charge is 0.480 e. The highest BCUT2D eigenvalue weighted by Gasteiger charge is 2.59. The van der Waals surface area contributed by atoms with Gasteiger partial charge >= 0.3 is 5.97 Å². The summed E-state index contributed by atoms with van der Waals surface area (Å²) in [6.07, 6.45) is -70.1. The first-order chi connectivity index (χ1) is 41.8. The van der Waals surface area contributed by atoms with Crippen LogP contribution in [0, 0.1) is 0 Å². The van der Waals surface area contributed by atoms with Crippen LogP contribution in [0.4, 0.5) is 0 Å². The number of aliphatic carboxylic acids is 1. The van der Waals surface area contributed by atoms with Crippen molar-refractivity contribution in [3.8, 4) is 0 Å². The number of carboxylic acid groups (broad SMARTS) is 1. The molecule has 88 heavy (non-hydrogen) atoms. The van der Waals surface area contributed by atoms with E-state index >= 15 is 0 Å². The molecule has 21 heterocycles. The molecular weight excluding hydrogens is 1240 g/mol. The maximum atomic E-state index is 11.7. The molecule has 0 amide bonds. The summed E-state index contributed by atoms with van der Waals surface area (Å²) in [7, 11) is 0. The third kappa shape index (κ3) is 15.5. The van der Waals surface area contributed by atoms with Crippen molar-refractivity contribution in [1.29, 1.82) is 0 Å². The van der Waals surface area contributed by atoms with Crippen molar-refractivity contribution < 1.29 is 178 Å². The summed E-state index contributed by atoms with van der Waals surface area (Å²) in [6.45, 7) is -5.35. The fourth-order valence-electron chi connectivity index (χ4n) is 11.1. The summed E-state index contributed by atoms with van der Waals surface area (Å²) in [5.74, 6) is -2.47. The standard InChI is InChI=1S/C48H80N2O36S2/c49-11(1-51)7-87-9-18-39-25(62)32(69)47(78-18)83-37-16(5-55)74-43(28(65)21(37)58)80-34-13(2-52)73-42(27(64)20(34)57)81-36-15(4-54)77-46(31(68)24(36)61)86-40-19(10-88-8-12(50)41(71)72)79-48(33(70)26(40)63)84-38-17(6-56)75-44(29(66)22(38)59)82-35-14(3-53)76-45(85-39)30(67)23(35)60/h1,11-40,42-48,52-70H,2-10,49-50H2,(H,71,72)/t11?,12-,13?,14?,15?,16?,17?,18?,19?,20-,21-,22-,23-,24-,25-,26-,27?,28?,29?,30?,31?,32?,33?,34-,35-,36-,37-,38-,39-,40-,42-,43-,44+,45+,46-,47+,48-/m1/s1. The van der Waals surface area contributed by atoms with Crippen LogP contribution in [-0.2, 0) is 75.9 Å². The van der Waals surface area contributed by atoms with Gasteiger partial charge in [-0.1, -0.05) is 0 Å². The van der Waals surface area contributed by atoms with E-state index in [0.29, 0.717) is 6.29 Å². The van der Waals surface area contributed by atoms with E-state index in [1.807, 2.05) is 0 Å². The van der Waals surface area contributed by atoms with E-state index < -0.39 is 266 Å². The van der Waals surface area contributed by atoms with Crippen LogP contribution in [0.2, 0.25) is 0 Å². The number of ether oxygens (including phenoxy) is 14. The van der Waals surface area contributed by atoms with Gasteiger partial charge in [0.05, 0.1) is 51.3 Å². The van der Waals surface area contributed by atoms with Crippen LogP contribution in [0.5, 0.6) is 0 Å². The van der Waals surface area contributed by atoms with Crippen LogP contribution < -0.4 is 11.5 Å². The summed E-state index contributed by atoms with van der Waals surface area (Å²) in [5.41, 5.74) is 11.5. The predicted molar refractivity (Wildman–Crippen MR) is 279 cm³/mol. The van der Waals surface area contributed by atoms with Crippen LogP contribution in [0.3, 0.4) is 0 Å². The number of carbonyl (C=O) groups is 2. The Hall–Kier alpha value is -1.56. The van der Waals surface area contributed by atoms with E-state index in [-0.39, 0.29) is 23.0 Å². The molecule has 0 spiro atoms. The third-order valence-electron chi connectivity index (χ3n) is 16.1. The lowest BCUT2D eigenvalue weighted by atomic mass is 9.95. The molecule has 0 aromatic carbocycles. The summed E-state index contributed by atoms with van der Waals surface area (Å²) in [6, 6.07) is -2.49. The topological polar surface area (TPSA) is 620 Å². The van der Waals surface area contributed by atoms with Crippen molar-refractivity contribution in [3.63, 3.8) is 0 Å². The van der Waals surface area contributed by atoms with Crippen LogP contribution in [0.1, 0.15) is 0 Å². The molecule has 0 radical (unpaired) electrons. The Morgan fingerprint density at radius 1 is 0.330 bits per heavy atom. The van der Waals surface area contributed by atoms with E-state index in [1.165, 1.54) is 0 Å². The fraction of sp³-hybridized carbons (Fsp3) is 0.958. The van der Waals surface area contributed by atoms with Gasteiger partial charge in [-0.05, 0) is 0 Å². The molecule has 37 atom stereocenters. The molecule has 0 aromatic heterocycles.